The molecule has 3 aliphatic heterocycles. The quantitative estimate of drug-likeness (QED) is 0.312. The lowest BCUT2D eigenvalue weighted by atomic mass is 9.87. The number of rotatable bonds is 2. The average molecular weight is 596 g/mol. The Morgan fingerprint density at radius 3 is 2.70 bits per heavy atom. The minimum atomic E-state index is -0.525. The van der Waals surface area contributed by atoms with Gasteiger partial charge in [0.15, 0.2) is 11.6 Å². The van der Waals surface area contributed by atoms with Gasteiger partial charge in [0.2, 0.25) is 11.5 Å². The van der Waals surface area contributed by atoms with E-state index in [1.54, 1.807) is 24.3 Å². The summed E-state index contributed by atoms with van der Waals surface area (Å²) in [6, 6.07) is 20.2. The molecule has 8 bridgehead atoms. The van der Waals surface area contributed by atoms with Crippen molar-refractivity contribution in [2.24, 2.45) is 0 Å². The van der Waals surface area contributed by atoms with Crippen LogP contribution in [-0.2, 0) is 17.6 Å². The van der Waals surface area contributed by atoms with Gasteiger partial charge in [-0.05, 0) is 83.5 Å². The van der Waals surface area contributed by atoms with Crippen LogP contribution in [0.5, 0.6) is 17.2 Å². The molecule has 4 heterocycles. The summed E-state index contributed by atoms with van der Waals surface area (Å²) in [5.41, 5.74) is 4.21. The molecule has 3 aliphatic rings. The molecular formula is C35H34FN3O5. The van der Waals surface area contributed by atoms with Crippen molar-refractivity contribution in [3.05, 3.63) is 122 Å². The minimum absolute atomic E-state index is 0.0396. The Morgan fingerprint density at radius 2 is 1.86 bits per heavy atom. The largest absolute Gasteiger partial charge is 0.494 e. The van der Waals surface area contributed by atoms with Crippen LogP contribution in [0.15, 0.2) is 77.6 Å². The van der Waals surface area contributed by atoms with Gasteiger partial charge < -0.3 is 24.7 Å². The zero-order valence-electron chi connectivity index (χ0n) is 24.7. The summed E-state index contributed by atoms with van der Waals surface area (Å²) in [4.78, 5) is 43.6. The van der Waals surface area contributed by atoms with Crippen molar-refractivity contribution in [3.63, 3.8) is 0 Å². The number of hydrogen-bond acceptors (Lipinski definition) is 5. The fraction of sp³-hybridized carbons (Fsp3) is 0.286. The molecule has 0 radical (unpaired) electrons. The molecule has 1 unspecified atom stereocenters. The molecule has 8 nitrogen and oxygen atoms in total. The Balaban J connectivity index is 1.44. The summed E-state index contributed by atoms with van der Waals surface area (Å²) in [6.07, 6.45) is 1.24. The molecule has 2 amide bonds. The van der Waals surface area contributed by atoms with Crippen LogP contribution in [0.3, 0.4) is 0 Å². The smallest absolute Gasteiger partial charge is 0.256 e. The molecule has 1 atom stereocenters. The second-order valence-corrected chi connectivity index (χ2v) is 11.5. The van der Waals surface area contributed by atoms with Crippen molar-refractivity contribution < 1.29 is 23.5 Å². The summed E-state index contributed by atoms with van der Waals surface area (Å²) in [6.45, 7) is 5.12. The number of benzene rings is 3. The van der Waals surface area contributed by atoms with E-state index in [4.69, 9.17) is 9.47 Å². The predicted octanol–water partition coefficient (Wildman–Crippen LogP) is 5.66. The van der Waals surface area contributed by atoms with Crippen molar-refractivity contribution in [1.29, 1.82) is 0 Å². The first-order chi connectivity index (χ1) is 21.3. The van der Waals surface area contributed by atoms with Crippen LogP contribution in [0.2, 0.25) is 0 Å². The van der Waals surface area contributed by atoms with Crippen molar-refractivity contribution in [1.82, 2.24) is 15.2 Å². The van der Waals surface area contributed by atoms with E-state index in [0.717, 1.165) is 16.7 Å². The van der Waals surface area contributed by atoms with Crippen molar-refractivity contribution in [2.75, 3.05) is 19.7 Å². The fourth-order valence-electron chi connectivity index (χ4n) is 5.91. The van der Waals surface area contributed by atoms with E-state index in [1.807, 2.05) is 55.1 Å². The van der Waals surface area contributed by atoms with Gasteiger partial charge in [-0.2, -0.15) is 0 Å². The third-order valence-electron chi connectivity index (χ3n) is 8.03. The molecule has 0 spiro atoms. The van der Waals surface area contributed by atoms with Crippen LogP contribution in [0, 0.1) is 5.82 Å². The third-order valence-corrected chi connectivity index (χ3v) is 8.03. The van der Waals surface area contributed by atoms with Crippen LogP contribution in [0.4, 0.5) is 4.39 Å². The maximum absolute atomic E-state index is 14.8. The SMILES string of the molecule is CC(C)c1[nH]c(=O)ccc1C(=O)N1CCc2cc3ccc2C1c1cccc(c1)OCCCNC(=O)Cc1ccc(F)c(c1)O3. The lowest BCUT2D eigenvalue weighted by Crippen LogP contribution is -2.41. The summed E-state index contributed by atoms with van der Waals surface area (Å²) in [5, 5.41) is 2.88. The second-order valence-electron chi connectivity index (χ2n) is 11.5. The summed E-state index contributed by atoms with van der Waals surface area (Å²) in [5.74, 6) is 0.219. The minimum Gasteiger partial charge on any atom is -0.494 e. The number of hydrogen-bond donors (Lipinski definition) is 2. The number of amides is 2. The van der Waals surface area contributed by atoms with Crippen molar-refractivity contribution in [2.45, 2.75) is 45.1 Å². The zero-order valence-corrected chi connectivity index (χ0v) is 24.7. The molecule has 0 saturated carbocycles. The van der Waals surface area contributed by atoms with Gasteiger partial charge in [-0.25, -0.2) is 4.39 Å². The molecule has 0 aliphatic carbocycles. The van der Waals surface area contributed by atoms with Gasteiger partial charge in [0.05, 0.1) is 24.6 Å². The molecule has 3 aromatic carbocycles. The number of carbonyl (C=O) groups excluding carboxylic acids is 2. The third kappa shape index (κ3) is 6.08. The molecular weight excluding hydrogens is 561 g/mol. The highest BCUT2D eigenvalue weighted by Gasteiger charge is 2.34. The average Bonchev–Trinajstić information content (AvgIpc) is 3.01. The first-order valence-corrected chi connectivity index (χ1v) is 14.9. The second kappa shape index (κ2) is 12.4. The highest BCUT2D eigenvalue weighted by Crippen LogP contribution is 2.40. The zero-order chi connectivity index (χ0) is 30.8. The summed E-state index contributed by atoms with van der Waals surface area (Å²) < 4.78 is 26.8. The maximum atomic E-state index is 14.8. The highest BCUT2D eigenvalue weighted by molar-refractivity contribution is 5.96. The molecule has 0 fully saturated rings. The van der Waals surface area contributed by atoms with Gasteiger partial charge in [0, 0.05) is 24.8 Å². The number of aromatic nitrogens is 1. The van der Waals surface area contributed by atoms with Gasteiger partial charge in [-0.15, -0.1) is 0 Å². The molecule has 44 heavy (non-hydrogen) atoms. The first kappa shape index (κ1) is 29.2. The Bertz CT molecular complexity index is 1780. The normalized spacial score (nSPS) is 16.7. The van der Waals surface area contributed by atoms with Crippen LogP contribution < -0.4 is 20.3 Å². The van der Waals surface area contributed by atoms with E-state index in [-0.39, 0.29) is 35.5 Å². The lowest BCUT2D eigenvalue weighted by molar-refractivity contribution is -0.120. The van der Waals surface area contributed by atoms with Crippen molar-refractivity contribution in [3.8, 4) is 17.2 Å². The topological polar surface area (TPSA) is 101 Å². The number of nitrogens with zero attached hydrogens (tertiary/aromatic N) is 1. The molecule has 226 valence electrons. The van der Waals surface area contributed by atoms with Gasteiger partial charge in [-0.3, -0.25) is 14.4 Å². The van der Waals surface area contributed by atoms with E-state index in [9.17, 15) is 18.8 Å². The Kier molecular flexibility index (Phi) is 8.19. The molecule has 7 rings (SSSR count). The van der Waals surface area contributed by atoms with Crippen LogP contribution in [-0.4, -0.2) is 41.4 Å². The maximum Gasteiger partial charge on any atom is 0.256 e. The van der Waals surface area contributed by atoms with Gasteiger partial charge in [-0.1, -0.05) is 38.1 Å². The molecule has 9 heteroatoms. The number of fused-ring (bicyclic) bond motifs is 7. The van der Waals surface area contributed by atoms with Crippen molar-refractivity contribution >= 4 is 11.8 Å². The number of pyridine rings is 1. The summed E-state index contributed by atoms with van der Waals surface area (Å²) >= 11 is 0. The van der Waals surface area contributed by atoms with E-state index < -0.39 is 11.9 Å². The van der Waals surface area contributed by atoms with Gasteiger partial charge >= 0.3 is 0 Å². The van der Waals surface area contributed by atoms with Crippen LogP contribution >= 0.6 is 0 Å². The molecule has 1 aromatic heterocycles. The van der Waals surface area contributed by atoms with E-state index in [1.165, 1.54) is 12.1 Å². The number of nitrogens with one attached hydrogen (secondary N) is 2. The van der Waals surface area contributed by atoms with E-state index in [0.29, 0.717) is 60.9 Å². The molecule has 0 saturated heterocycles. The molecule has 4 aromatic rings. The standard InChI is InChI=1S/C35H34FN3O5/c1-21(2)33-28(10-12-31(40)38-33)35(42)39-15-13-23-19-26-8-9-27(23)34(39)24-5-3-6-25(20-24)43-16-4-14-37-32(41)18-22-7-11-29(36)30(17-22)44-26/h3,5-12,17,19-21,34H,4,13-16,18H2,1-2H3,(H,37,41)(H,38,40). The number of H-pyrrole nitrogens is 1. The van der Waals surface area contributed by atoms with Crippen LogP contribution in [0.25, 0.3) is 0 Å². The highest BCUT2D eigenvalue weighted by atomic mass is 19.1. The Labute approximate surface area is 254 Å². The Morgan fingerprint density at radius 1 is 1.00 bits per heavy atom. The number of ether oxygens (including phenoxy) is 2. The number of aromatic amines is 1. The van der Waals surface area contributed by atoms with E-state index >= 15 is 0 Å². The van der Waals surface area contributed by atoms with E-state index in [2.05, 4.69) is 10.3 Å². The predicted molar refractivity (Wildman–Crippen MR) is 164 cm³/mol. The first-order valence-electron chi connectivity index (χ1n) is 14.9. The van der Waals surface area contributed by atoms with Gasteiger partial charge in [0.1, 0.15) is 11.5 Å². The van der Waals surface area contributed by atoms with Crippen LogP contribution in [0.1, 0.15) is 70.5 Å². The Hall–Kier alpha value is -4.92. The summed E-state index contributed by atoms with van der Waals surface area (Å²) in [7, 11) is 0. The lowest BCUT2D eigenvalue weighted by Gasteiger charge is -2.38. The fourth-order valence-corrected chi connectivity index (χ4v) is 5.91. The number of halogens is 1. The monoisotopic (exact) mass is 595 g/mol. The molecule has 2 N–H and O–H groups in total. The van der Waals surface area contributed by atoms with Gasteiger partial charge in [0.25, 0.3) is 5.91 Å². The number of carbonyl (C=O) groups is 2.